The van der Waals surface area contributed by atoms with Gasteiger partial charge in [-0.25, -0.2) is 0 Å². The second kappa shape index (κ2) is 2.72. The van der Waals surface area contributed by atoms with Crippen molar-refractivity contribution >= 4 is 11.9 Å². The molecular formula is C10H14O4. The first kappa shape index (κ1) is 9.49. The quantitative estimate of drug-likeness (QED) is 0.654. The van der Waals surface area contributed by atoms with E-state index in [0.717, 1.165) is 12.8 Å². The van der Waals surface area contributed by atoms with Gasteiger partial charge in [-0.05, 0) is 37.0 Å². The molecule has 0 spiro atoms. The highest BCUT2D eigenvalue weighted by molar-refractivity contribution is 5.99. The lowest BCUT2D eigenvalue weighted by atomic mass is 9.70. The van der Waals surface area contributed by atoms with E-state index in [1.54, 1.807) is 0 Å². The van der Waals surface area contributed by atoms with Crippen LogP contribution in [0.15, 0.2) is 0 Å². The SMILES string of the molecule is CC1CC2CC1CC2(C(=O)O)C(=O)O. The minimum absolute atomic E-state index is 0.155. The molecule has 0 aromatic rings. The molecule has 0 aliphatic heterocycles. The number of rotatable bonds is 2. The van der Waals surface area contributed by atoms with Gasteiger partial charge in [0.25, 0.3) is 0 Å². The van der Waals surface area contributed by atoms with Gasteiger partial charge < -0.3 is 10.2 Å². The van der Waals surface area contributed by atoms with Gasteiger partial charge in [0.15, 0.2) is 5.41 Å². The van der Waals surface area contributed by atoms with Crippen LogP contribution in [0, 0.1) is 23.2 Å². The monoisotopic (exact) mass is 198 g/mol. The van der Waals surface area contributed by atoms with E-state index in [0.29, 0.717) is 18.3 Å². The number of aliphatic carboxylic acids is 2. The molecule has 4 nitrogen and oxygen atoms in total. The molecule has 0 aromatic heterocycles. The molecule has 0 aromatic carbocycles. The highest BCUT2D eigenvalue weighted by atomic mass is 16.4. The van der Waals surface area contributed by atoms with Crippen LogP contribution < -0.4 is 0 Å². The molecule has 4 heteroatoms. The summed E-state index contributed by atoms with van der Waals surface area (Å²) in [6.07, 6.45) is 1.85. The Morgan fingerprint density at radius 1 is 1.21 bits per heavy atom. The third kappa shape index (κ3) is 0.938. The van der Waals surface area contributed by atoms with E-state index < -0.39 is 17.4 Å². The highest BCUT2D eigenvalue weighted by Crippen LogP contribution is 2.58. The maximum Gasteiger partial charge on any atom is 0.321 e. The molecule has 0 amide bonds. The topological polar surface area (TPSA) is 74.6 Å². The predicted molar refractivity (Wildman–Crippen MR) is 47.7 cm³/mol. The second-order valence-electron chi connectivity index (χ2n) is 4.69. The van der Waals surface area contributed by atoms with Crippen LogP contribution in [0.1, 0.15) is 26.2 Å². The predicted octanol–water partition coefficient (Wildman–Crippen LogP) is 1.21. The molecule has 2 aliphatic carbocycles. The van der Waals surface area contributed by atoms with E-state index in [9.17, 15) is 9.59 Å². The van der Waals surface area contributed by atoms with E-state index in [-0.39, 0.29) is 5.92 Å². The first-order valence-corrected chi connectivity index (χ1v) is 4.95. The molecule has 78 valence electrons. The average molecular weight is 198 g/mol. The van der Waals surface area contributed by atoms with Crippen LogP contribution in [-0.4, -0.2) is 22.2 Å². The van der Waals surface area contributed by atoms with Crippen LogP contribution in [0.2, 0.25) is 0 Å². The molecule has 0 radical (unpaired) electrons. The molecule has 2 aliphatic rings. The van der Waals surface area contributed by atoms with Gasteiger partial charge in [0.2, 0.25) is 0 Å². The summed E-state index contributed by atoms with van der Waals surface area (Å²) in [4.78, 5) is 22.2. The molecule has 3 unspecified atom stereocenters. The van der Waals surface area contributed by atoms with Crippen molar-refractivity contribution in [1.82, 2.24) is 0 Å². The van der Waals surface area contributed by atoms with Gasteiger partial charge in [0, 0.05) is 0 Å². The average Bonchev–Trinajstić information content (AvgIpc) is 2.59. The Morgan fingerprint density at radius 2 is 1.79 bits per heavy atom. The zero-order chi connectivity index (χ0) is 10.5. The standard InChI is InChI=1S/C10H14O4/c1-5-2-7-3-6(5)4-10(7,8(11)12)9(13)14/h5-7H,2-4H2,1H3,(H,11,12)(H,13,14). The number of hydrogen-bond donors (Lipinski definition) is 2. The summed E-state index contributed by atoms with van der Waals surface area (Å²) in [5, 5.41) is 18.1. The first-order valence-electron chi connectivity index (χ1n) is 4.95. The summed E-state index contributed by atoms with van der Waals surface area (Å²) >= 11 is 0. The maximum absolute atomic E-state index is 11.1. The van der Waals surface area contributed by atoms with E-state index in [1.807, 2.05) is 0 Å². The minimum atomic E-state index is -1.48. The van der Waals surface area contributed by atoms with Crippen LogP contribution >= 0.6 is 0 Å². The third-order valence-electron chi connectivity index (χ3n) is 4.09. The Balaban J connectivity index is 2.34. The summed E-state index contributed by atoms with van der Waals surface area (Å²) < 4.78 is 0. The van der Waals surface area contributed by atoms with Gasteiger partial charge in [-0.1, -0.05) is 6.92 Å². The van der Waals surface area contributed by atoms with Crippen LogP contribution in [0.25, 0.3) is 0 Å². The molecule has 3 atom stereocenters. The molecular weight excluding hydrogens is 184 g/mol. The maximum atomic E-state index is 11.1. The van der Waals surface area contributed by atoms with E-state index in [4.69, 9.17) is 10.2 Å². The number of carboxylic acid groups (broad SMARTS) is 2. The molecule has 2 saturated carbocycles. The smallest absolute Gasteiger partial charge is 0.321 e. The molecule has 2 fully saturated rings. The Labute approximate surface area is 81.9 Å². The van der Waals surface area contributed by atoms with Crippen molar-refractivity contribution in [3.63, 3.8) is 0 Å². The number of carboxylic acids is 2. The lowest BCUT2D eigenvalue weighted by Crippen LogP contribution is -2.44. The van der Waals surface area contributed by atoms with Crippen molar-refractivity contribution in [3.8, 4) is 0 Å². The third-order valence-corrected chi connectivity index (χ3v) is 4.09. The minimum Gasteiger partial charge on any atom is -0.480 e. The first-order chi connectivity index (χ1) is 6.48. The van der Waals surface area contributed by atoms with Gasteiger partial charge in [-0.15, -0.1) is 0 Å². The van der Waals surface area contributed by atoms with Crippen LogP contribution in [0.4, 0.5) is 0 Å². The molecule has 0 heterocycles. The summed E-state index contributed by atoms with van der Waals surface area (Å²) in [6, 6.07) is 0. The summed E-state index contributed by atoms with van der Waals surface area (Å²) in [6.45, 7) is 2.08. The van der Waals surface area contributed by atoms with Crippen LogP contribution in [0.5, 0.6) is 0 Å². The summed E-state index contributed by atoms with van der Waals surface area (Å²) in [7, 11) is 0. The number of carbonyl (C=O) groups is 2. The molecule has 2 rings (SSSR count). The molecule has 2 N–H and O–H groups in total. The fourth-order valence-electron chi connectivity index (χ4n) is 3.22. The Hall–Kier alpha value is -1.06. The Morgan fingerprint density at radius 3 is 2.07 bits per heavy atom. The van der Waals surface area contributed by atoms with Gasteiger partial charge >= 0.3 is 11.9 Å². The summed E-state index contributed by atoms with van der Waals surface area (Å²) in [5.41, 5.74) is -1.48. The lowest BCUT2D eigenvalue weighted by Gasteiger charge is -2.31. The van der Waals surface area contributed by atoms with Gasteiger partial charge in [0.1, 0.15) is 0 Å². The van der Waals surface area contributed by atoms with Crippen molar-refractivity contribution in [2.45, 2.75) is 26.2 Å². The van der Waals surface area contributed by atoms with Crippen LogP contribution in [-0.2, 0) is 9.59 Å². The normalized spacial score (nSPS) is 38.5. The fraction of sp³-hybridized carbons (Fsp3) is 0.800. The molecule has 14 heavy (non-hydrogen) atoms. The van der Waals surface area contributed by atoms with E-state index in [1.165, 1.54) is 0 Å². The zero-order valence-corrected chi connectivity index (χ0v) is 8.06. The van der Waals surface area contributed by atoms with Crippen molar-refractivity contribution in [1.29, 1.82) is 0 Å². The number of hydrogen-bond acceptors (Lipinski definition) is 2. The summed E-state index contributed by atoms with van der Waals surface area (Å²) in [5.74, 6) is -1.66. The Kier molecular flexibility index (Phi) is 1.84. The Bertz CT molecular complexity index is 280. The van der Waals surface area contributed by atoms with Crippen molar-refractivity contribution in [2.75, 3.05) is 0 Å². The van der Waals surface area contributed by atoms with Crippen LogP contribution in [0.3, 0.4) is 0 Å². The molecule has 2 bridgehead atoms. The highest BCUT2D eigenvalue weighted by Gasteiger charge is 2.62. The number of fused-ring (bicyclic) bond motifs is 2. The van der Waals surface area contributed by atoms with Gasteiger partial charge in [-0.3, -0.25) is 9.59 Å². The lowest BCUT2D eigenvalue weighted by molar-refractivity contribution is -0.169. The van der Waals surface area contributed by atoms with E-state index >= 15 is 0 Å². The largest absolute Gasteiger partial charge is 0.480 e. The van der Waals surface area contributed by atoms with E-state index in [2.05, 4.69) is 6.92 Å². The zero-order valence-electron chi connectivity index (χ0n) is 8.06. The fourth-order valence-corrected chi connectivity index (χ4v) is 3.22. The van der Waals surface area contributed by atoms with Crippen molar-refractivity contribution in [3.05, 3.63) is 0 Å². The van der Waals surface area contributed by atoms with Gasteiger partial charge in [-0.2, -0.15) is 0 Å². The van der Waals surface area contributed by atoms with Crippen molar-refractivity contribution in [2.24, 2.45) is 23.2 Å². The van der Waals surface area contributed by atoms with Crippen molar-refractivity contribution < 1.29 is 19.8 Å². The van der Waals surface area contributed by atoms with Gasteiger partial charge in [0.05, 0.1) is 0 Å². The molecule has 0 saturated heterocycles. The second-order valence-corrected chi connectivity index (χ2v) is 4.69.